The Labute approximate surface area is 105 Å². The Morgan fingerprint density at radius 1 is 1.29 bits per heavy atom. The molecule has 0 fully saturated rings. The van der Waals surface area contributed by atoms with Crippen molar-refractivity contribution in [1.29, 1.82) is 0 Å². The number of hydrogen-bond acceptors (Lipinski definition) is 3. The number of anilines is 2. The molecule has 0 spiro atoms. The van der Waals surface area contributed by atoms with Crippen LogP contribution in [0, 0.1) is 0 Å². The maximum Gasteiger partial charge on any atom is 0.168 e. The Balaban J connectivity index is 2.65. The van der Waals surface area contributed by atoms with Gasteiger partial charge in [0.15, 0.2) is 5.11 Å². The number of pyridine rings is 1. The minimum atomic E-state index is 0.265. The fourth-order valence-corrected chi connectivity index (χ4v) is 1.90. The van der Waals surface area contributed by atoms with Crippen LogP contribution in [-0.4, -0.2) is 24.2 Å². The van der Waals surface area contributed by atoms with Crippen molar-refractivity contribution in [3.05, 3.63) is 30.5 Å². The van der Waals surface area contributed by atoms with Crippen LogP contribution in [0.3, 0.4) is 0 Å². The number of nitrogens with zero attached hydrogens (tertiary/aromatic N) is 2. The van der Waals surface area contributed by atoms with Gasteiger partial charge in [-0.25, -0.2) is 4.98 Å². The summed E-state index contributed by atoms with van der Waals surface area (Å²) in [7, 11) is 3.94. The maximum atomic E-state index is 5.51. The van der Waals surface area contributed by atoms with Crippen LogP contribution in [0.1, 0.15) is 0 Å². The van der Waals surface area contributed by atoms with Crippen molar-refractivity contribution >= 4 is 39.6 Å². The van der Waals surface area contributed by atoms with Gasteiger partial charge >= 0.3 is 0 Å². The van der Waals surface area contributed by atoms with Gasteiger partial charge < -0.3 is 16.0 Å². The minimum Gasteiger partial charge on any atom is -0.376 e. The van der Waals surface area contributed by atoms with E-state index in [9.17, 15) is 0 Å². The molecule has 2 aromatic rings. The van der Waals surface area contributed by atoms with E-state index in [2.05, 4.69) is 10.3 Å². The summed E-state index contributed by atoms with van der Waals surface area (Å²) in [5, 5.41) is 5.36. The molecule has 2 rings (SSSR count). The van der Waals surface area contributed by atoms with Crippen LogP contribution in [0.5, 0.6) is 0 Å². The highest BCUT2D eigenvalue weighted by Crippen LogP contribution is 2.28. The Morgan fingerprint density at radius 2 is 2.06 bits per heavy atom. The van der Waals surface area contributed by atoms with E-state index in [1.54, 1.807) is 6.20 Å². The first-order chi connectivity index (χ1) is 8.09. The van der Waals surface area contributed by atoms with Gasteiger partial charge in [-0.2, -0.15) is 0 Å². The van der Waals surface area contributed by atoms with Gasteiger partial charge in [0.1, 0.15) is 5.82 Å². The highest BCUT2D eigenvalue weighted by Gasteiger charge is 2.07. The summed E-state index contributed by atoms with van der Waals surface area (Å²) >= 11 is 4.87. The zero-order valence-corrected chi connectivity index (χ0v) is 10.6. The molecule has 0 amide bonds. The van der Waals surface area contributed by atoms with E-state index in [0.29, 0.717) is 0 Å². The molecule has 5 heteroatoms. The molecule has 4 nitrogen and oxygen atoms in total. The average Bonchev–Trinajstić information content (AvgIpc) is 2.28. The molecule has 0 bridgehead atoms. The second-order valence-electron chi connectivity index (χ2n) is 3.92. The summed E-state index contributed by atoms with van der Waals surface area (Å²) in [6.45, 7) is 0. The van der Waals surface area contributed by atoms with Crippen molar-refractivity contribution in [3.63, 3.8) is 0 Å². The van der Waals surface area contributed by atoms with Crippen molar-refractivity contribution in [2.75, 3.05) is 24.3 Å². The van der Waals surface area contributed by atoms with Gasteiger partial charge in [-0.15, -0.1) is 0 Å². The third-order valence-corrected chi connectivity index (χ3v) is 2.57. The lowest BCUT2D eigenvalue weighted by atomic mass is 10.1. The summed E-state index contributed by atoms with van der Waals surface area (Å²) in [5.74, 6) is 0.925. The zero-order valence-electron chi connectivity index (χ0n) is 9.77. The van der Waals surface area contributed by atoms with E-state index >= 15 is 0 Å². The first-order valence-corrected chi connectivity index (χ1v) is 5.62. The second kappa shape index (κ2) is 4.55. The largest absolute Gasteiger partial charge is 0.376 e. The molecule has 17 heavy (non-hydrogen) atoms. The van der Waals surface area contributed by atoms with Crippen LogP contribution in [0.4, 0.5) is 11.5 Å². The number of nitrogens with one attached hydrogen (secondary N) is 1. The summed E-state index contributed by atoms with van der Waals surface area (Å²) in [4.78, 5) is 6.34. The monoisotopic (exact) mass is 246 g/mol. The number of rotatable bonds is 2. The standard InChI is InChI=1S/C12H14N4S/c1-16(2)11-9-4-3-5-10(15-12(13)17)8(9)6-7-14-11/h3-7H,1-2H3,(H3,13,15,17). The van der Waals surface area contributed by atoms with Crippen LogP contribution < -0.4 is 16.0 Å². The van der Waals surface area contributed by atoms with E-state index < -0.39 is 0 Å². The van der Waals surface area contributed by atoms with Crippen LogP contribution in [-0.2, 0) is 0 Å². The van der Waals surface area contributed by atoms with Crippen molar-refractivity contribution in [1.82, 2.24) is 4.98 Å². The number of aromatic nitrogens is 1. The molecule has 88 valence electrons. The Hall–Kier alpha value is -1.88. The predicted molar refractivity (Wildman–Crippen MR) is 76.5 cm³/mol. The summed E-state index contributed by atoms with van der Waals surface area (Å²) in [6, 6.07) is 7.88. The molecular formula is C12H14N4S. The van der Waals surface area contributed by atoms with E-state index in [1.165, 1.54) is 0 Å². The normalized spacial score (nSPS) is 10.2. The quantitative estimate of drug-likeness (QED) is 0.793. The first-order valence-electron chi connectivity index (χ1n) is 5.21. The molecule has 0 saturated carbocycles. The first kappa shape index (κ1) is 11.6. The molecule has 3 N–H and O–H groups in total. The lowest BCUT2D eigenvalue weighted by Crippen LogP contribution is -2.19. The smallest absolute Gasteiger partial charge is 0.168 e. The maximum absolute atomic E-state index is 5.51. The van der Waals surface area contributed by atoms with Crippen molar-refractivity contribution in [2.45, 2.75) is 0 Å². The van der Waals surface area contributed by atoms with E-state index in [0.717, 1.165) is 22.3 Å². The lowest BCUT2D eigenvalue weighted by molar-refractivity contribution is 1.08. The van der Waals surface area contributed by atoms with Gasteiger partial charge in [-0.05, 0) is 24.4 Å². The van der Waals surface area contributed by atoms with E-state index in [-0.39, 0.29) is 5.11 Å². The fraction of sp³-hybridized carbons (Fsp3) is 0.167. The van der Waals surface area contributed by atoms with Gasteiger partial charge in [0.05, 0.1) is 0 Å². The van der Waals surface area contributed by atoms with E-state index in [4.69, 9.17) is 18.0 Å². The summed E-state index contributed by atoms with van der Waals surface area (Å²) < 4.78 is 0. The molecule has 1 aromatic heterocycles. The molecule has 0 aliphatic rings. The Kier molecular flexibility index (Phi) is 3.10. The highest BCUT2D eigenvalue weighted by atomic mass is 32.1. The third-order valence-electron chi connectivity index (χ3n) is 2.47. The Morgan fingerprint density at radius 3 is 2.71 bits per heavy atom. The SMILES string of the molecule is CN(C)c1nccc2c(NC(N)=S)cccc12. The lowest BCUT2D eigenvalue weighted by Gasteiger charge is -2.15. The number of hydrogen-bond donors (Lipinski definition) is 2. The zero-order chi connectivity index (χ0) is 12.4. The molecule has 0 radical (unpaired) electrons. The van der Waals surface area contributed by atoms with Gasteiger partial charge in [0.25, 0.3) is 0 Å². The van der Waals surface area contributed by atoms with Gasteiger partial charge in [-0.1, -0.05) is 12.1 Å². The molecule has 1 heterocycles. The van der Waals surface area contributed by atoms with Gasteiger partial charge in [0, 0.05) is 36.8 Å². The highest BCUT2D eigenvalue weighted by molar-refractivity contribution is 7.80. The molecule has 1 aromatic carbocycles. The number of thiocarbonyl (C=S) groups is 1. The number of fused-ring (bicyclic) bond motifs is 1. The average molecular weight is 246 g/mol. The van der Waals surface area contributed by atoms with Gasteiger partial charge in [-0.3, -0.25) is 0 Å². The summed E-state index contributed by atoms with van der Waals surface area (Å²) in [6.07, 6.45) is 1.78. The molecule has 0 atom stereocenters. The second-order valence-corrected chi connectivity index (χ2v) is 4.36. The topological polar surface area (TPSA) is 54.2 Å². The van der Waals surface area contributed by atoms with Crippen LogP contribution in [0.2, 0.25) is 0 Å². The molecule has 0 unspecified atom stereocenters. The van der Waals surface area contributed by atoms with Crippen molar-refractivity contribution in [3.8, 4) is 0 Å². The van der Waals surface area contributed by atoms with Crippen LogP contribution in [0.25, 0.3) is 10.8 Å². The van der Waals surface area contributed by atoms with Crippen molar-refractivity contribution in [2.24, 2.45) is 5.73 Å². The molecule has 0 saturated heterocycles. The fourth-order valence-electron chi connectivity index (χ4n) is 1.79. The van der Waals surface area contributed by atoms with E-state index in [1.807, 2.05) is 43.3 Å². The molecule has 0 aliphatic carbocycles. The molecular weight excluding hydrogens is 232 g/mol. The molecule has 0 aliphatic heterocycles. The van der Waals surface area contributed by atoms with Crippen LogP contribution >= 0.6 is 12.2 Å². The third kappa shape index (κ3) is 2.29. The number of nitrogens with two attached hydrogens (primary N) is 1. The Bertz CT molecular complexity index is 565. The minimum absolute atomic E-state index is 0.265. The van der Waals surface area contributed by atoms with Crippen LogP contribution in [0.15, 0.2) is 30.5 Å². The van der Waals surface area contributed by atoms with Crippen molar-refractivity contribution < 1.29 is 0 Å². The van der Waals surface area contributed by atoms with Gasteiger partial charge in [0.2, 0.25) is 0 Å². The number of benzene rings is 1. The predicted octanol–water partition coefficient (Wildman–Crippen LogP) is 1.96. The summed E-state index contributed by atoms with van der Waals surface area (Å²) in [5.41, 5.74) is 6.41.